The van der Waals surface area contributed by atoms with Crippen molar-refractivity contribution in [2.24, 2.45) is 5.92 Å². The molecule has 0 aliphatic heterocycles. The van der Waals surface area contributed by atoms with Gasteiger partial charge in [-0.2, -0.15) is 13.2 Å². The molecule has 1 aliphatic rings. The number of nitrogens with one attached hydrogen (secondary N) is 1. The Morgan fingerprint density at radius 2 is 1.75 bits per heavy atom. The van der Waals surface area contributed by atoms with E-state index in [0.717, 1.165) is 0 Å². The van der Waals surface area contributed by atoms with Gasteiger partial charge in [0.2, 0.25) is 0 Å². The van der Waals surface area contributed by atoms with E-state index in [1.165, 1.54) is 30.3 Å². The lowest BCUT2D eigenvalue weighted by Crippen LogP contribution is -2.47. The zero-order valence-electron chi connectivity index (χ0n) is 12.7. The molecule has 0 radical (unpaired) electrons. The summed E-state index contributed by atoms with van der Waals surface area (Å²) in [6, 6.07) is 2.27. The average Bonchev–Trinajstić information content (AvgIpc) is 3.25. The molecule has 134 valence electrons. The molecule has 1 aromatic rings. The van der Waals surface area contributed by atoms with Gasteiger partial charge in [0.15, 0.2) is 0 Å². The summed E-state index contributed by atoms with van der Waals surface area (Å²) in [5.41, 5.74) is -0.221. The lowest BCUT2D eigenvalue weighted by molar-refractivity contribution is -0.166. The van der Waals surface area contributed by atoms with Gasteiger partial charge in [-0.1, -0.05) is 30.3 Å². The highest BCUT2D eigenvalue weighted by atomic mass is 19.4. The number of hydrogen-bond acceptors (Lipinski definition) is 2. The van der Waals surface area contributed by atoms with Crippen LogP contribution < -0.4 is 5.32 Å². The van der Waals surface area contributed by atoms with E-state index < -0.39 is 43.0 Å². The van der Waals surface area contributed by atoms with Crippen LogP contribution >= 0.6 is 0 Å². The normalized spacial score (nSPS) is 18.2. The van der Waals surface area contributed by atoms with Crippen LogP contribution in [0.4, 0.5) is 22.0 Å². The predicted molar refractivity (Wildman–Crippen MR) is 76.7 cm³/mol. The van der Waals surface area contributed by atoms with Gasteiger partial charge in [0.25, 0.3) is 5.92 Å². The largest absolute Gasteiger partial charge is 0.480 e. The molecule has 0 saturated heterocycles. The van der Waals surface area contributed by atoms with Crippen LogP contribution in [0.15, 0.2) is 30.3 Å². The fraction of sp³-hybridized carbons (Fsp3) is 0.562. The average molecular weight is 351 g/mol. The molecule has 1 aromatic carbocycles. The highest BCUT2D eigenvalue weighted by Gasteiger charge is 2.46. The highest BCUT2D eigenvalue weighted by Crippen LogP contribution is 2.41. The van der Waals surface area contributed by atoms with Crippen LogP contribution in [0.25, 0.3) is 0 Å². The lowest BCUT2D eigenvalue weighted by Gasteiger charge is -2.28. The molecule has 0 amide bonds. The number of aliphatic carboxylic acids is 1. The number of hydrogen-bond donors (Lipinski definition) is 2. The van der Waals surface area contributed by atoms with Gasteiger partial charge in [-0.25, -0.2) is 8.78 Å². The molecule has 8 heteroatoms. The van der Waals surface area contributed by atoms with Crippen LogP contribution in [-0.2, 0) is 4.79 Å². The van der Waals surface area contributed by atoms with Gasteiger partial charge in [-0.3, -0.25) is 10.1 Å². The van der Waals surface area contributed by atoms with Crippen LogP contribution in [0.5, 0.6) is 0 Å². The first-order valence-corrected chi connectivity index (χ1v) is 7.57. The molecule has 1 aliphatic carbocycles. The molecule has 0 bridgehead atoms. The molecule has 0 aromatic heterocycles. The third-order valence-corrected chi connectivity index (χ3v) is 3.91. The van der Waals surface area contributed by atoms with E-state index in [1.54, 1.807) is 0 Å². The summed E-state index contributed by atoms with van der Waals surface area (Å²) in [5.74, 6) is -5.21. The zero-order valence-corrected chi connectivity index (χ0v) is 12.7. The Kier molecular flexibility index (Phi) is 5.47. The summed E-state index contributed by atoms with van der Waals surface area (Å²) in [5, 5.41) is 10.9. The van der Waals surface area contributed by atoms with E-state index in [0.29, 0.717) is 12.8 Å². The van der Waals surface area contributed by atoms with Crippen molar-refractivity contribution in [3.63, 3.8) is 0 Å². The smallest absolute Gasteiger partial charge is 0.407 e. The number of carboxylic acids is 1. The van der Waals surface area contributed by atoms with Gasteiger partial charge in [-0.05, 0) is 24.3 Å². The number of carbonyl (C=O) groups is 1. The fourth-order valence-electron chi connectivity index (χ4n) is 2.57. The van der Waals surface area contributed by atoms with E-state index in [9.17, 15) is 26.7 Å². The van der Waals surface area contributed by atoms with Gasteiger partial charge in [0.05, 0.1) is 0 Å². The predicted octanol–water partition coefficient (Wildman–Crippen LogP) is 4.16. The minimum absolute atomic E-state index is 0.165. The lowest BCUT2D eigenvalue weighted by atomic mass is 10.00. The molecule has 0 heterocycles. The molecule has 2 N–H and O–H groups in total. The van der Waals surface area contributed by atoms with Crippen molar-refractivity contribution in [3.05, 3.63) is 35.9 Å². The number of alkyl halides is 5. The van der Waals surface area contributed by atoms with E-state index in [-0.39, 0.29) is 11.5 Å². The van der Waals surface area contributed by atoms with Crippen molar-refractivity contribution in [2.75, 3.05) is 0 Å². The molecule has 1 unspecified atom stereocenters. The van der Waals surface area contributed by atoms with Crippen LogP contribution in [0.2, 0.25) is 0 Å². The SMILES string of the molecule is O=C(O)C(CC(F)(F)CC1CC1)N[C@@H](c1ccccc1)C(F)(F)F. The highest BCUT2D eigenvalue weighted by molar-refractivity contribution is 5.73. The number of halogens is 5. The molecular formula is C16H18F5NO2. The Labute approximate surface area is 135 Å². The topological polar surface area (TPSA) is 49.3 Å². The van der Waals surface area contributed by atoms with Gasteiger partial charge in [0.1, 0.15) is 12.1 Å². The van der Waals surface area contributed by atoms with Gasteiger partial charge in [-0.15, -0.1) is 0 Å². The summed E-state index contributed by atoms with van der Waals surface area (Å²) in [6.07, 6.45) is -5.16. The minimum Gasteiger partial charge on any atom is -0.480 e. The maximum Gasteiger partial charge on any atom is 0.407 e. The molecule has 24 heavy (non-hydrogen) atoms. The molecule has 1 saturated carbocycles. The second-order valence-corrected chi connectivity index (χ2v) is 6.15. The van der Waals surface area contributed by atoms with E-state index in [2.05, 4.69) is 0 Å². The molecule has 2 atom stereocenters. The molecule has 2 rings (SSSR count). The van der Waals surface area contributed by atoms with Crippen molar-refractivity contribution >= 4 is 5.97 Å². The maximum atomic E-state index is 13.9. The van der Waals surface area contributed by atoms with Gasteiger partial charge >= 0.3 is 12.1 Å². The van der Waals surface area contributed by atoms with E-state index in [1.807, 2.05) is 5.32 Å². The third kappa shape index (κ3) is 5.43. The number of benzene rings is 1. The second-order valence-electron chi connectivity index (χ2n) is 6.15. The minimum atomic E-state index is -4.80. The summed E-state index contributed by atoms with van der Waals surface area (Å²) >= 11 is 0. The first-order chi connectivity index (χ1) is 11.1. The van der Waals surface area contributed by atoms with Gasteiger partial charge in [0, 0.05) is 12.8 Å². The fourth-order valence-corrected chi connectivity index (χ4v) is 2.57. The monoisotopic (exact) mass is 351 g/mol. The van der Waals surface area contributed by atoms with Crippen molar-refractivity contribution in [3.8, 4) is 0 Å². The standard InChI is InChI=1S/C16H18F5NO2/c17-15(18,8-10-6-7-10)9-12(14(23)24)22-13(16(19,20)21)11-4-2-1-3-5-11/h1-5,10,12-13,22H,6-9H2,(H,23,24)/t12?,13-/m0/s1. The second kappa shape index (κ2) is 7.04. The summed E-state index contributed by atoms with van der Waals surface area (Å²) in [6.45, 7) is 0. The Balaban J connectivity index is 2.15. The first kappa shape index (κ1) is 18.6. The molecular weight excluding hydrogens is 333 g/mol. The van der Waals surface area contributed by atoms with E-state index >= 15 is 0 Å². The Morgan fingerprint density at radius 3 is 2.21 bits per heavy atom. The molecule has 0 spiro atoms. The third-order valence-electron chi connectivity index (χ3n) is 3.91. The Hall–Kier alpha value is -1.70. The van der Waals surface area contributed by atoms with Crippen LogP contribution in [-0.4, -0.2) is 29.2 Å². The quantitative estimate of drug-likeness (QED) is 0.692. The summed E-state index contributed by atoms with van der Waals surface area (Å²) in [7, 11) is 0. The van der Waals surface area contributed by atoms with Crippen molar-refractivity contribution < 1.29 is 31.9 Å². The summed E-state index contributed by atoms with van der Waals surface area (Å²) in [4.78, 5) is 11.2. The van der Waals surface area contributed by atoms with Crippen molar-refractivity contribution in [1.29, 1.82) is 0 Å². The van der Waals surface area contributed by atoms with Crippen molar-refractivity contribution in [1.82, 2.24) is 5.32 Å². The molecule has 3 nitrogen and oxygen atoms in total. The Bertz CT molecular complexity index is 557. The van der Waals surface area contributed by atoms with E-state index in [4.69, 9.17) is 5.11 Å². The number of rotatable bonds is 8. The maximum absolute atomic E-state index is 13.9. The number of carboxylic acid groups (broad SMARTS) is 1. The van der Waals surface area contributed by atoms with Crippen LogP contribution in [0.3, 0.4) is 0 Å². The zero-order chi connectivity index (χ0) is 18.0. The van der Waals surface area contributed by atoms with Crippen molar-refractivity contribution in [2.45, 2.75) is 49.9 Å². The first-order valence-electron chi connectivity index (χ1n) is 7.57. The Morgan fingerprint density at radius 1 is 1.17 bits per heavy atom. The van der Waals surface area contributed by atoms with Crippen LogP contribution in [0, 0.1) is 5.92 Å². The molecule has 1 fully saturated rings. The van der Waals surface area contributed by atoms with Crippen LogP contribution in [0.1, 0.15) is 37.3 Å². The summed E-state index contributed by atoms with van der Waals surface area (Å²) < 4.78 is 67.5. The van der Waals surface area contributed by atoms with Gasteiger partial charge < -0.3 is 5.11 Å².